The van der Waals surface area contributed by atoms with Gasteiger partial charge in [-0.25, -0.2) is 4.98 Å². The van der Waals surface area contributed by atoms with Gasteiger partial charge in [-0.1, -0.05) is 58.2 Å². The summed E-state index contributed by atoms with van der Waals surface area (Å²) in [7, 11) is 0. The first-order chi connectivity index (χ1) is 12.5. The molecule has 1 saturated carbocycles. The van der Waals surface area contributed by atoms with Crippen molar-refractivity contribution in [2.75, 3.05) is 4.72 Å². The van der Waals surface area contributed by atoms with Gasteiger partial charge in [-0.05, 0) is 49.2 Å². The molecular weight excluding hydrogens is 338 g/mol. The van der Waals surface area contributed by atoms with Crippen molar-refractivity contribution in [3.63, 3.8) is 0 Å². The van der Waals surface area contributed by atoms with Gasteiger partial charge in [0.15, 0.2) is 0 Å². The molecule has 4 heteroatoms. The minimum absolute atomic E-state index is 0.0431. The highest BCUT2D eigenvalue weighted by Crippen LogP contribution is 2.29. The topological polar surface area (TPSA) is 29.9 Å². The van der Waals surface area contributed by atoms with Crippen LogP contribution in [0, 0.1) is 0 Å². The Morgan fingerprint density at radius 1 is 1.04 bits per heavy atom. The summed E-state index contributed by atoms with van der Waals surface area (Å²) in [6.45, 7) is 9.75. The first-order valence-electron chi connectivity index (χ1n) is 9.47. The highest BCUT2D eigenvalue weighted by molar-refractivity contribution is 8.00. The van der Waals surface area contributed by atoms with Gasteiger partial charge in [-0.15, -0.1) is 0 Å². The lowest BCUT2D eigenvalue weighted by Gasteiger charge is -2.19. The fourth-order valence-electron chi connectivity index (χ4n) is 2.69. The van der Waals surface area contributed by atoms with E-state index in [9.17, 15) is 0 Å². The lowest BCUT2D eigenvalue weighted by molar-refractivity contribution is 0.512. The molecule has 0 saturated heterocycles. The molecule has 2 aromatic carbocycles. The number of imidazole rings is 1. The molecule has 0 bridgehead atoms. The SMILES string of the molecule is C1CC1.CCn1c(C(C)(C)C)nc2cc(NSc3ccccc3)ccc21. The largest absolute Gasteiger partial charge is 0.328 e. The standard InChI is InChI=1S/C19H23N3S.C3H6/c1-5-22-17-12-11-14(21-23-15-9-7-6-8-10-15)13-16(17)20-18(22)19(2,3)4;1-2-3-1/h6-13,21H,5H2,1-4H3;1-3H2. The van der Waals surface area contributed by atoms with Crippen LogP contribution in [0.15, 0.2) is 53.4 Å². The zero-order valence-electron chi connectivity index (χ0n) is 16.2. The fourth-order valence-corrected chi connectivity index (χ4v) is 3.35. The molecule has 1 aromatic heterocycles. The number of hydrogen-bond acceptors (Lipinski definition) is 3. The van der Waals surface area contributed by atoms with Crippen LogP contribution in [0.5, 0.6) is 0 Å². The van der Waals surface area contributed by atoms with E-state index in [1.54, 1.807) is 11.9 Å². The van der Waals surface area contributed by atoms with Crippen LogP contribution in [0.2, 0.25) is 0 Å². The summed E-state index contributed by atoms with van der Waals surface area (Å²) >= 11 is 1.62. The van der Waals surface area contributed by atoms with Crippen molar-refractivity contribution in [1.82, 2.24) is 9.55 Å². The van der Waals surface area contributed by atoms with Crippen molar-refractivity contribution in [2.24, 2.45) is 0 Å². The maximum Gasteiger partial charge on any atom is 0.115 e. The highest BCUT2D eigenvalue weighted by atomic mass is 32.2. The van der Waals surface area contributed by atoms with Gasteiger partial charge in [0.2, 0.25) is 0 Å². The first kappa shape index (κ1) is 18.8. The van der Waals surface area contributed by atoms with E-state index in [-0.39, 0.29) is 5.41 Å². The molecule has 0 radical (unpaired) electrons. The Kier molecular flexibility index (Phi) is 5.92. The maximum atomic E-state index is 4.88. The molecule has 0 unspecified atom stereocenters. The third-order valence-electron chi connectivity index (χ3n) is 4.12. The number of aromatic nitrogens is 2. The Morgan fingerprint density at radius 3 is 2.31 bits per heavy atom. The van der Waals surface area contributed by atoms with E-state index in [2.05, 4.69) is 67.3 Å². The summed E-state index contributed by atoms with van der Waals surface area (Å²) in [4.78, 5) is 6.08. The molecule has 4 rings (SSSR count). The Hall–Kier alpha value is -1.94. The van der Waals surface area contributed by atoms with Crippen LogP contribution in [-0.4, -0.2) is 9.55 Å². The van der Waals surface area contributed by atoms with Crippen LogP contribution in [0.4, 0.5) is 5.69 Å². The molecule has 1 N–H and O–H groups in total. The summed E-state index contributed by atoms with van der Waals surface area (Å²) in [5.41, 5.74) is 3.37. The van der Waals surface area contributed by atoms with Gasteiger partial charge in [-0.3, -0.25) is 0 Å². The van der Waals surface area contributed by atoms with Gasteiger partial charge in [-0.2, -0.15) is 0 Å². The van der Waals surface area contributed by atoms with Crippen LogP contribution >= 0.6 is 11.9 Å². The van der Waals surface area contributed by atoms with Crippen molar-refractivity contribution in [2.45, 2.75) is 63.8 Å². The Labute approximate surface area is 161 Å². The molecule has 0 amide bonds. The summed E-state index contributed by atoms with van der Waals surface area (Å²) in [6.07, 6.45) is 4.50. The third-order valence-corrected chi connectivity index (χ3v) is 4.96. The minimum Gasteiger partial charge on any atom is -0.328 e. The Bertz CT molecular complexity index is 842. The minimum atomic E-state index is 0.0431. The van der Waals surface area contributed by atoms with Crippen molar-refractivity contribution in [1.29, 1.82) is 0 Å². The molecule has 0 spiro atoms. The van der Waals surface area contributed by atoms with Crippen molar-refractivity contribution < 1.29 is 0 Å². The van der Waals surface area contributed by atoms with Crippen LogP contribution in [0.1, 0.15) is 52.8 Å². The fraction of sp³-hybridized carbons (Fsp3) is 0.409. The molecule has 26 heavy (non-hydrogen) atoms. The molecule has 1 heterocycles. The van der Waals surface area contributed by atoms with E-state index >= 15 is 0 Å². The first-order valence-corrected chi connectivity index (χ1v) is 10.3. The smallest absolute Gasteiger partial charge is 0.115 e. The van der Waals surface area contributed by atoms with E-state index < -0.39 is 0 Å². The summed E-state index contributed by atoms with van der Waals surface area (Å²) < 4.78 is 5.71. The van der Waals surface area contributed by atoms with E-state index in [0.29, 0.717) is 0 Å². The monoisotopic (exact) mass is 367 g/mol. The molecule has 3 aromatic rings. The Balaban J connectivity index is 0.000000592. The summed E-state index contributed by atoms with van der Waals surface area (Å²) in [5.74, 6) is 1.14. The number of hydrogen-bond donors (Lipinski definition) is 1. The van der Waals surface area contributed by atoms with Crippen LogP contribution in [0.25, 0.3) is 11.0 Å². The summed E-state index contributed by atoms with van der Waals surface area (Å²) in [5, 5.41) is 0. The molecule has 1 aliphatic carbocycles. The molecule has 1 aliphatic rings. The second-order valence-electron chi connectivity index (χ2n) is 7.71. The molecule has 0 atom stereocenters. The predicted molar refractivity (Wildman–Crippen MR) is 114 cm³/mol. The van der Waals surface area contributed by atoms with Gasteiger partial charge in [0.25, 0.3) is 0 Å². The molecular formula is C22H29N3S. The lowest BCUT2D eigenvalue weighted by Crippen LogP contribution is -2.18. The number of rotatable bonds is 4. The van der Waals surface area contributed by atoms with E-state index in [0.717, 1.165) is 23.6 Å². The predicted octanol–water partition coefficient (Wildman–Crippen LogP) is 6.64. The number of benzene rings is 2. The highest BCUT2D eigenvalue weighted by Gasteiger charge is 2.22. The van der Waals surface area contributed by atoms with E-state index in [1.807, 2.05) is 18.2 Å². The van der Waals surface area contributed by atoms with Crippen LogP contribution < -0.4 is 4.72 Å². The zero-order valence-corrected chi connectivity index (χ0v) is 17.1. The van der Waals surface area contributed by atoms with Crippen LogP contribution in [-0.2, 0) is 12.0 Å². The maximum absolute atomic E-state index is 4.88. The second kappa shape index (κ2) is 8.17. The molecule has 1 fully saturated rings. The number of nitrogens with zero attached hydrogens (tertiary/aromatic N) is 2. The van der Waals surface area contributed by atoms with Gasteiger partial charge < -0.3 is 9.29 Å². The van der Waals surface area contributed by atoms with Gasteiger partial charge in [0, 0.05) is 22.5 Å². The average molecular weight is 368 g/mol. The van der Waals surface area contributed by atoms with Crippen molar-refractivity contribution in [3.8, 4) is 0 Å². The normalized spacial score (nSPS) is 13.2. The Morgan fingerprint density at radius 2 is 1.73 bits per heavy atom. The summed E-state index contributed by atoms with van der Waals surface area (Å²) in [6, 6.07) is 16.7. The van der Waals surface area contributed by atoms with Gasteiger partial charge in [0.05, 0.1) is 11.0 Å². The van der Waals surface area contributed by atoms with Gasteiger partial charge in [0.1, 0.15) is 5.82 Å². The average Bonchev–Trinajstić information content (AvgIpc) is 3.46. The lowest BCUT2D eigenvalue weighted by atomic mass is 9.96. The third kappa shape index (κ3) is 4.82. The van der Waals surface area contributed by atoms with Crippen LogP contribution in [0.3, 0.4) is 0 Å². The number of nitrogens with one attached hydrogen (secondary N) is 1. The van der Waals surface area contributed by atoms with Crippen molar-refractivity contribution >= 4 is 28.7 Å². The molecule has 138 valence electrons. The quantitative estimate of drug-likeness (QED) is 0.524. The number of anilines is 1. The van der Waals surface area contributed by atoms with Gasteiger partial charge >= 0.3 is 0 Å². The molecule has 0 aliphatic heterocycles. The number of fused-ring (bicyclic) bond motifs is 1. The van der Waals surface area contributed by atoms with E-state index in [4.69, 9.17) is 4.98 Å². The second-order valence-corrected chi connectivity index (χ2v) is 8.59. The zero-order chi connectivity index (χ0) is 18.6. The number of aryl methyl sites for hydroxylation is 1. The van der Waals surface area contributed by atoms with E-state index in [1.165, 1.54) is 29.7 Å². The van der Waals surface area contributed by atoms with Crippen molar-refractivity contribution in [3.05, 3.63) is 54.4 Å². The molecule has 3 nitrogen and oxygen atoms in total.